The molecule has 0 bridgehead atoms. The Morgan fingerprint density at radius 2 is 2.24 bits per heavy atom. The van der Waals surface area contributed by atoms with Gasteiger partial charge in [-0.25, -0.2) is 0 Å². The lowest BCUT2D eigenvalue weighted by molar-refractivity contribution is 0.0933. The highest BCUT2D eigenvalue weighted by atomic mass is 127. The van der Waals surface area contributed by atoms with E-state index in [1.165, 1.54) is 0 Å². The Morgan fingerprint density at radius 1 is 1.41 bits per heavy atom. The molecule has 1 amide bonds. The molecule has 0 spiro atoms. The Hall–Kier alpha value is -0.840. The van der Waals surface area contributed by atoms with Crippen LogP contribution in [-0.4, -0.2) is 11.9 Å². The van der Waals surface area contributed by atoms with Crippen molar-refractivity contribution in [3.63, 3.8) is 0 Å². The van der Waals surface area contributed by atoms with Gasteiger partial charge in [0.15, 0.2) is 0 Å². The number of halogens is 1. The zero-order chi connectivity index (χ0) is 12.3. The number of amides is 1. The third-order valence-electron chi connectivity index (χ3n) is 3.04. The number of carbonyl (C=O) groups excluding carboxylic acids is 1. The number of hydrogen-bond acceptors (Lipinski definition) is 1. The van der Waals surface area contributed by atoms with Crippen molar-refractivity contribution in [1.82, 2.24) is 5.32 Å². The quantitative estimate of drug-likeness (QED) is 0.648. The maximum atomic E-state index is 12.1. The van der Waals surface area contributed by atoms with E-state index in [0.29, 0.717) is 6.04 Å². The van der Waals surface area contributed by atoms with Gasteiger partial charge in [-0.3, -0.25) is 4.79 Å². The van der Waals surface area contributed by atoms with Gasteiger partial charge in [0.2, 0.25) is 0 Å². The van der Waals surface area contributed by atoms with Crippen LogP contribution in [-0.2, 0) is 0 Å². The van der Waals surface area contributed by atoms with Gasteiger partial charge in [-0.05, 0) is 60.4 Å². The predicted octanol–water partition coefficient (Wildman–Crippen LogP) is 3.44. The van der Waals surface area contributed by atoms with Gasteiger partial charge in [0.1, 0.15) is 0 Å². The summed E-state index contributed by atoms with van der Waals surface area (Å²) in [4.78, 5) is 12.1. The van der Waals surface area contributed by atoms with E-state index in [9.17, 15) is 4.79 Å². The average molecular weight is 341 g/mol. The number of nitrogens with one attached hydrogen (secondary N) is 1. The van der Waals surface area contributed by atoms with Crippen LogP contribution in [0.1, 0.15) is 35.2 Å². The first kappa shape index (κ1) is 12.6. The molecule has 0 fully saturated rings. The molecule has 17 heavy (non-hydrogen) atoms. The van der Waals surface area contributed by atoms with Crippen LogP contribution in [0, 0.1) is 10.5 Å². The van der Waals surface area contributed by atoms with E-state index in [1.54, 1.807) is 0 Å². The zero-order valence-corrected chi connectivity index (χ0v) is 12.0. The summed E-state index contributed by atoms with van der Waals surface area (Å²) in [5, 5.41) is 3.11. The summed E-state index contributed by atoms with van der Waals surface area (Å²) in [5.74, 6) is 0.0541. The molecule has 1 atom stereocenters. The van der Waals surface area contributed by atoms with Crippen LogP contribution < -0.4 is 5.32 Å². The van der Waals surface area contributed by atoms with Crippen LogP contribution in [0.2, 0.25) is 0 Å². The summed E-state index contributed by atoms with van der Waals surface area (Å²) in [6, 6.07) is 6.15. The van der Waals surface area contributed by atoms with Crippen LogP contribution in [0.25, 0.3) is 0 Å². The molecule has 3 heteroatoms. The molecule has 90 valence electrons. The van der Waals surface area contributed by atoms with Gasteiger partial charge in [-0.2, -0.15) is 0 Å². The van der Waals surface area contributed by atoms with Gasteiger partial charge in [0.05, 0.1) is 5.56 Å². The topological polar surface area (TPSA) is 29.1 Å². The van der Waals surface area contributed by atoms with Crippen molar-refractivity contribution in [1.29, 1.82) is 0 Å². The van der Waals surface area contributed by atoms with E-state index in [2.05, 4.69) is 40.1 Å². The zero-order valence-electron chi connectivity index (χ0n) is 9.87. The molecule has 1 aliphatic rings. The molecule has 2 nitrogen and oxygen atoms in total. The summed E-state index contributed by atoms with van der Waals surface area (Å²) in [6.45, 7) is 2.03. The van der Waals surface area contributed by atoms with E-state index >= 15 is 0 Å². The molecule has 1 unspecified atom stereocenters. The Bertz CT molecular complexity index is 454. The van der Waals surface area contributed by atoms with Gasteiger partial charge in [-0.1, -0.05) is 24.3 Å². The second kappa shape index (κ2) is 5.67. The molecular formula is C14H16INO. The number of rotatable bonds is 2. The van der Waals surface area contributed by atoms with E-state index in [0.717, 1.165) is 34.0 Å². The lowest BCUT2D eigenvalue weighted by Gasteiger charge is -2.20. The monoisotopic (exact) mass is 341 g/mol. The standard InChI is InChI=1S/C14H16INO/c1-10-6-5-9-12(13(10)15)14(17)16-11-7-3-2-4-8-11/h2-3,5-6,9,11H,4,7-8H2,1H3,(H,16,17). The maximum Gasteiger partial charge on any atom is 0.252 e. The highest BCUT2D eigenvalue weighted by Gasteiger charge is 2.16. The van der Waals surface area contributed by atoms with Gasteiger partial charge in [0.25, 0.3) is 5.91 Å². The van der Waals surface area contributed by atoms with Crippen molar-refractivity contribution >= 4 is 28.5 Å². The van der Waals surface area contributed by atoms with E-state index in [-0.39, 0.29) is 5.91 Å². The molecule has 0 saturated carbocycles. The van der Waals surface area contributed by atoms with Crippen molar-refractivity contribution in [3.8, 4) is 0 Å². The summed E-state index contributed by atoms with van der Waals surface area (Å²) in [5.41, 5.74) is 1.95. The first-order valence-corrected chi connectivity index (χ1v) is 6.97. The molecule has 1 aliphatic carbocycles. The number of aryl methyl sites for hydroxylation is 1. The Labute approximate surface area is 116 Å². The molecule has 0 radical (unpaired) electrons. The Kier molecular flexibility index (Phi) is 4.20. The third kappa shape index (κ3) is 3.09. The minimum absolute atomic E-state index is 0.0541. The van der Waals surface area contributed by atoms with Gasteiger partial charge >= 0.3 is 0 Å². The Morgan fingerprint density at radius 3 is 2.94 bits per heavy atom. The fourth-order valence-electron chi connectivity index (χ4n) is 2.01. The largest absolute Gasteiger partial charge is 0.349 e. The number of carbonyl (C=O) groups is 1. The summed E-state index contributed by atoms with van der Waals surface area (Å²) in [7, 11) is 0. The maximum absolute atomic E-state index is 12.1. The minimum Gasteiger partial charge on any atom is -0.349 e. The molecule has 0 aliphatic heterocycles. The van der Waals surface area contributed by atoms with Crippen LogP contribution in [0.3, 0.4) is 0 Å². The van der Waals surface area contributed by atoms with Crippen molar-refractivity contribution in [2.75, 3.05) is 0 Å². The molecule has 2 rings (SSSR count). The molecule has 0 heterocycles. The lowest BCUT2D eigenvalue weighted by atomic mass is 10.0. The molecular weight excluding hydrogens is 325 g/mol. The fourth-order valence-corrected chi connectivity index (χ4v) is 2.62. The van der Waals surface area contributed by atoms with Crippen molar-refractivity contribution < 1.29 is 4.79 Å². The van der Waals surface area contributed by atoms with Gasteiger partial charge < -0.3 is 5.32 Å². The lowest BCUT2D eigenvalue weighted by Crippen LogP contribution is -2.35. The number of hydrogen-bond donors (Lipinski definition) is 1. The number of allylic oxidation sites excluding steroid dienone is 1. The highest BCUT2D eigenvalue weighted by molar-refractivity contribution is 14.1. The van der Waals surface area contributed by atoms with E-state index in [4.69, 9.17) is 0 Å². The second-order valence-corrected chi connectivity index (χ2v) is 5.47. The number of benzene rings is 1. The first-order chi connectivity index (χ1) is 8.18. The minimum atomic E-state index is 0.0541. The summed E-state index contributed by atoms with van der Waals surface area (Å²) in [6.07, 6.45) is 7.39. The molecule has 0 saturated heterocycles. The normalized spacial score (nSPS) is 19.1. The second-order valence-electron chi connectivity index (χ2n) is 4.39. The van der Waals surface area contributed by atoms with Gasteiger partial charge in [0, 0.05) is 9.61 Å². The Balaban J connectivity index is 2.09. The first-order valence-electron chi connectivity index (χ1n) is 5.89. The molecule has 1 aromatic rings. The van der Waals surface area contributed by atoms with Crippen LogP contribution >= 0.6 is 22.6 Å². The van der Waals surface area contributed by atoms with Crippen LogP contribution in [0.4, 0.5) is 0 Å². The fraction of sp³-hybridized carbons (Fsp3) is 0.357. The molecule has 1 aromatic carbocycles. The smallest absolute Gasteiger partial charge is 0.252 e. The summed E-state index contributed by atoms with van der Waals surface area (Å²) >= 11 is 2.24. The SMILES string of the molecule is Cc1cccc(C(=O)NC2CC=CCC2)c1I. The van der Waals surface area contributed by atoms with Crippen LogP contribution in [0.5, 0.6) is 0 Å². The van der Waals surface area contributed by atoms with Crippen molar-refractivity contribution in [2.24, 2.45) is 0 Å². The predicted molar refractivity (Wildman–Crippen MR) is 78.1 cm³/mol. The van der Waals surface area contributed by atoms with Gasteiger partial charge in [-0.15, -0.1) is 0 Å². The molecule has 1 N–H and O–H groups in total. The average Bonchev–Trinajstić information content (AvgIpc) is 2.34. The summed E-state index contributed by atoms with van der Waals surface area (Å²) < 4.78 is 1.05. The van der Waals surface area contributed by atoms with Crippen molar-refractivity contribution in [3.05, 3.63) is 45.0 Å². The molecule has 0 aromatic heterocycles. The highest BCUT2D eigenvalue weighted by Crippen LogP contribution is 2.18. The van der Waals surface area contributed by atoms with E-state index in [1.807, 2.05) is 25.1 Å². The van der Waals surface area contributed by atoms with Crippen LogP contribution in [0.15, 0.2) is 30.4 Å². The van der Waals surface area contributed by atoms with Crippen molar-refractivity contribution in [2.45, 2.75) is 32.2 Å². The van der Waals surface area contributed by atoms with E-state index < -0.39 is 0 Å². The third-order valence-corrected chi connectivity index (χ3v) is 4.47.